The van der Waals surface area contributed by atoms with E-state index in [4.69, 9.17) is 14.6 Å². The van der Waals surface area contributed by atoms with Crippen LogP contribution in [0.4, 0.5) is 0 Å². The van der Waals surface area contributed by atoms with Crippen LogP contribution in [0.2, 0.25) is 0 Å². The monoisotopic (exact) mass is 289 g/mol. The Balaban J connectivity index is 1.90. The van der Waals surface area contributed by atoms with Gasteiger partial charge in [0.05, 0.1) is 12.6 Å². The summed E-state index contributed by atoms with van der Waals surface area (Å²) in [5, 5.41) is 32.5. The largest absolute Gasteiger partial charge is 0.394 e. The van der Waals surface area contributed by atoms with Crippen LogP contribution >= 0.6 is 0 Å². The first-order valence-electron chi connectivity index (χ1n) is 7.56. The minimum atomic E-state index is -1.10. The Labute approximate surface area is 120 Å². The van der Waals surface area contributed by atoms with Crippen molar-refractivity contribution in [1.82, 2.24) is 5.32 Å². The minimum Gasteiger partial charge on any atom is -0.394 e. The van der Waals surface area contributed by atoms with E-state index in [0.717, 1.165) is 6.54 Å². The van der Waals surface area contributed by atoms with Gasteiger partial charge >= 0.3 is 0 Å². The SMILES string of the molecule is CO[C@H]1O[C@H](CO)[C@@H](O)[C@H](O)[C@@H]1NCC1CCCCC1. The van der Waals surface area contributed by atoms with E-state index in [9.17, 15) is 10.2 Å². The molecule has 1 saturated carbocycles. The van der Waals surface area contributed by atoms with Crippen molar-refractivity contribution in [2.45, 2.75) is 62.7 Å². The van der Waals surface area contributed by atoms with Gasteiger partial charge in [0.15, 0.2) is 6.29 Å². The van der Waals surface area contributed by atoms with E-state index in [0.29, 0.717) is 5.92 Å². The molecule has 6 heteroatoms. The van der Waals surface area contributed by atoms with Gasteiger partial charge < -0.3 is 30.1 Å². The van der Waals surface area contributed by atoms with Crippen LogP contribution in [0, 0.1) is 5.92 Å². The van der Waals surface area contributed by atoms with E-state index >= 15 is 0 Å². The molecule has 2 aliphatic rings. The Morgan fingerprint density at radius 1 is 1.15 bits per heavy atom. The minimum absolute atomic E-state index is 0.340. The molecule has 20 heavy (non-hydrogen) atoms. The molecule has 118 valence electrons. The van der Waals surface area contributed by atoms with Gasteiger partial charge in [-0.15, -0.1) is 0 Å². The lowest BCUT2D eigenvalue weighted by Gasteiger charge is -2.42. The van der Waals surface area contributed by atoms with Crippen molar-refractivity contribution in [1.29, 1.82) is 0 Å². The van der Waals surface area contributed by atoms with E-state index in [1.165, 1.54) is 39.2 Å². The van der Waals surface area contributed by atoms with Gasteiger partial charge in [-0.2, -0.15) is 0 Å². The molecule has 4 N–H and O–H groups in total. The van der Waals surface area contributed by atoms with Crippen molar-refractivity contribution in [2.75, 3.05) is 20.3 Å². The van der Waals surface area contributed by atoms with E-state index < -0.39 is 30.6 Å². The van der Waals surface area contributed by atoms with Gasteiger partial charge in [-0.05, 0) is 25.3 Å². The van der Waals surface area contributed by atoms with Gasteiger partial charge in [-0.3, -0.25) is 0 Å². The number of hydrogen-bond acceptors (Lipinski definition) is 6. The molecule has 0 amide bonds. The number of ether oxygens (including phenoxy) is 2. The van der Waals surface area contributed by atoms with E-state index in [1.54, 1.807) is 0 Å². The molecule has 0 aromatic carbocycles. The third-order valence-corrected chi connectivity index (χ3v) is 4.48. The van der Waals surface area contributed by atoms with E-state index in [1.807, 2.05) is 0 Å². The van der Waals surface area contributed by atoms with Crippen molar-refractivity contribution >= 4 is 0 Å². The van der Waals surface area contributed by atoms with Crippen LogP contribution in [0.15, 0.2) is 0 Å². The molecule has 0 bridgehead atoms. The number of rotatable bonds is 5. The summed E-state index contributed by atoms with van der Waals surface area (Å²) in [7, 11) is 1.50. The Bertz CT molecular complexity index is 283. The molecule has 0 aromatic rings. The van der Waals surface area contributed by atoms with Crippen LogP contribution in [-0.4, -0.2) is 66.2 Å². The fraction of sp³-hybridized carbons (Fsp3) is 1.00. The molecule has 1 aliphatic carbocycles. The normalized spacial score (nSPS) is 39.9. The van der Waals surface area contributed by atoms with E-state index in [-0.39, 0.29) is 6.61 Å². The Hall–Kier alpha value is -0.240. The highest BCUT2D eigenvalue weighted by atomic mass is 16.7. The predicted molar refractivity (Wildman–Crippen MR) is 73.1 cm³/mol. The Morgan fingerprint density at radius 3 is 2.45 bits per heavy atom. The quantitative estimate of drug-likeness (QED) is 0.551. The number of methoxy groups -OCH3 is 1. The van der Waals surface area contributed by atoms with Crippen LogP contribution in [0.3, 0.4) is 0 Å². The topological polar surface area (TPSA) is 91.2 Å². The number of nitrogens with one attached hydrogen (secondary N) is 1. The molecule has 2 rings (SSSR count). The van der Waals surface area contributed by atoms with Crippen molar-refractivity contribution in [3.05, 3.63) is 0 Å². The molecular weight excluding hydrogens is 262 g/mol. The van der Waals surface area contributed by atoms with Crippen LogP contribution in [0.25, 0.3) is 0 Å². The summed E-state index contributed by atoms with van der Waals surface area (Å²) in [6.45, 7) is 0.453. The lowest BCUT2D eigenvalue weighted by Crippen LogP contribution is -2.64. The zero-order chi connectivity index (χ0) is 14.5. The van der Waals surface area contributed by atoms with Crippen molar-refractivity contribution < 1.29 is 24.8 Å². The molecule has 0 unspecified atom stereocenters. The second-order valence-electron chi connectivity index (χ2n) is 5.88. The standard InChI is InChI=1S/C14H27NO5/c1-19-14-11(13(18)12(17)10(8-16)20-14)15-7-9-5-3-2-4-6-9/h9-18H,2-8H2,1H3/t10-,11+,12-,13-,14+/m1/s1. The lowest BCUT2D eigenvalue weighted by molar-refractivity contribution is -0.263. The number of aliphatic hydroxyl groups is 3. The first kappa shape index (κ1) is 16.1. The van der Waals surface area contributed by atoms with Crippen LogP contribution in [0.1, 0.15) is 32.1 Å². The van der Waals surface area contributed by atoms with Gasteiger partial charge in [0.2, 0.25) is 0 Å². The highest BCUT2D eigenvalue weighted by molar-refractivity contribution is 4.93. The van der Waals surface area contributed by atoms with Crippen LogP contribution in [0.5, 0.6) is 0 Å². The number of hydrogen-bond donors (Lipinski definition) is 4. The summed E-state index contributed by atoms with van der Waals surface area (Å²) in [6.07, 6.45) is 2.68. The number of aliphatic hydroxyl groups excluding tert-OH is 3. The van der Waals surface area contributed by atoms with E-state index in [2.05, 4.69) is 5.32 Å². The first-order chi connectivity index (χ1) is 9.67. The van der Waals surface area contributed by atoms with Gasteiger partial charge in [0.1, 0.15) is 18.3 Å². The molecule has 0 aromatic heterocycles. The van der Waals surface area contributed by atoms with Crippen LogP contribution < -0.4 is 5.32 Å². The average Bonchev–Trinajstić information content (AvgIpc) is 2.49. The summed E-state index contributed by atoms with van der Waals surface area (Å²) in [5.41, 5.74) is 0. The zero-order valence-electron chi connectivity index (χ0n) is 12.1. The third kappa shape index (κ3) is 3.69. The molecule has 6 nitrogen and oxygen atoms in total. The Morgan fingerprint density at radius 2 is 1.85 bits per heavy atom. The molecule has 0 radical (unpaired) electrons. The highest BCUT2D eigenvalue weighted by Gasteiger charge is 2.44. The maximum atomic E-state index is 10.2. The van der Waals surface area contributed by atoms with Crippen molar-refractivity contribution in [2.24, 2.45) is 5.92 Å². The lowest BCUT2D eigenvalue weighted by atomic mass is 9.88. The third-order valence-electron chi connectivity index (χ3n) is 4.48. The first-order valence-corrected chi connectivity index (χ1v) is 7.56. The summed E-state index contributed by atoms with van der Waals surface area (Å²) in [6, 6.07) is -0.472. The van der Waals surface area contributed by atoms with Gasteiger partial charge in [0, 0.05) is 7.11 Å². The summed E-state index contributed by atoms with van der Waals surface area (Å²) in [4.78, 5) is 0. The molecule has 1 aliphatic heterocycles. The summed E-state index contributed by atoms with van der Waals surface area (Å²) < 4.78 is 10.7. The summed E-state index contributed by atoms with van der Waals surface area (Å²) >= 11 is 0. The highest BCUT2D eigenvalue weighted by Crippen LogP contribution is 2.25. The van der Waals surface area contributed by atoms with Crippen LogP contribution in [-0.2, 0) is 9.47 Å². The maximum absolute atomic E-state index is 10.2. The summed E-state index contributed by atoms with van der Waals surface area (Å²) in [5.74, 6) is 0.612. The average molecular weight is 289 g/mol. The zero-order valence-corrected chi connectivity index (χ0v) is 12.1. The molecular formula is C14H27NO5. The Kier molecular flexibility index (Phi) is 6.20. The molecule has 1 heterocycles. The van der Waals surface area contributed by atoms with Gasteiger partial charge in [-0.1, -0.05) is 19.3 Å². The smallest absolute Gasteiger partial charge is 0.175 e. The van der Waals surface area contributed by atoms with Crippen molar-refractivity contribution in [3.8, 4) is 0 Å². The second kappa shape index (κ2) is 7.68. The predicted octanol–water partition coefficient (Wildman–Crippen LogP) is -0.390. The van der Waals surface area contributed by atoms with Gasteiger partial charge in [0.25, 0.3) is 0 Å². The fourth-order valence-electron chi connectivity index (χ4n) is 3.19. The fourth-order valence-corrected chi connectivity index (χ4v) is 3.19. The molecule has 5 atom stereocenters. The molecule has 0 spiro atoms. The van der Waals surface area contributed by atoms with Gasteiger partial charge in [-0.25, -0.2) is 0 Å². The molecule has 1 saturated heterocycles. The van der Waals surface area contributed by atoms with Crippen molar-refractivity contribution in [3.63, 3.8) is 0 Å². The maximum Gasteiger partial charge on any atom is 0.175 e. The second-order valence-corrected chi connectivity index (χ2v) is 5.88. The molecule has 2 fully saturated rings.